The van der Waals surface area contributed by atoms with Crippen LogP contribution < -0.4 is 5.32 Å². The number of aliphatic hydroxyl groups is 1. The van der Waals surface area contributed by atoms with Crippen molar-refractivity contribution in [1.82, 2.24) is 5.32 Å². The lowest BCUT2D eigenvalue weighted by atomic mass is 10.1. The maximum atomic E-state index is 10.8. The van der Waals surface area contributed by atoms with E-state index in [-0.39, 0.29) is 12.4 Å². The zero-order chi connectivity index (χ0) is 13.4. The van der Waals surface area contributed by atoms with Gasteiger partial charge < -0.3 is 15.2 Å². The second-order valence-corrected chi connectivity index (χ2v) is 3.78. The minimum Gasteiger partial charge on any atom is -0.469 e. The molecule has 0 aliphatic rings. The number of aliphatic hydroxyl groups excluding tert-OH is 1. The Hall–Kier alpha value is -1.90. The van der Waals surface area contributed by atoms with Gasteiger partial charge in [-0.25, -0.2) is 0 Å². The van der Waals surface area contributed by atoms with E-state index in [0.29, 0.717) is 18.7 Å². The molecular formula is C13H16N2O3. The number of hydrogen-bond acceptors (Lipinski definition) is 5. The fourth-order valence-electron chi connectivity index (χ4n) is 1.43. The molecule has 0 saturated carbocycles. The van der Waals surface area contributed by atoms with Gasteiger partial charge in [0.15, 0.2) is 0 Å². The molecule has 1 aromatic rings. The summed E-state index contributed by atoms with van der Waals surface area (Å²) >= 11 is 0. The van der Waals surface area contributed by atoms with Gasteiger partial charge in [0.1, 0.15) is 0 Å². The minimum atomic E-state index is -0.657. The fraction of sp³-hybridized carbons (Fsp3) is 0.385. The van der Waals surface area contributed by atoms with Gasteiger partial charge in [-0.2, -0.15) is 5.26 Å². The number of methoxy groups -OCH3 is 1. The first-order valence-electron chi connectivity index (χ1n) is 5.63. The van der Waals surface area contributed by atoms with Gasteiger partial charge in [0.25, 0.3) is 0 Å². The van der Waals surface area contributed by atoms with E-state index in [1.165, 1.54) is 7.11 Å². The number of nitriles is 1. The quantitative estimate of drug-likeness (QED) is 0.573. The van der Waals surface area contributed by atoms with E-state index in [2.05, 4.69) is 10.1 Å². The second-order valence-electron chi connectivity index (χ2n) is 3.78. The van der Waals surface area contributed by atoms with E-state index in [4.69, 9.17) is 5.26 Å². The second kappa shape index (κ2) is 7.43. The fourth-order valence-corrected chi connectivity index (χ4v) is 1.43. The van der Waals surface area contributed by atoms with Crippen molar-refractivity contribution >= 4 is 5.97 Å². The number of rotatable bonds is 6. The summed E-state index contributed by atoms with van der Waals surface area (Å²) in [5.41, 5.74) is 1.30. The molecule has 0 aliphatic heterocycles. The topological polar surface area (TPSA) is 82.3 Å². The third-order valence-electron chi connectivity index (χ3n) is 2.50. The Labute approximate surface area is 106 Å². The van der Waals surface area contributed by atoms with Crippen LogP contribution in [0.25, 0.3) is 0 Å². The van der Waals surface area contributed by atoms with Crippen molar-refractivity contribution < 1.29 is 14.6 Å². The van der Waals surface area contributed by atoms with Gasteiger partial charge in [-0.1, -0.05) is 12.1 Å². The van der Waals surface area contributed by atoms with Gasteiger partial charge in [-0.3, -0.25) is 4.79 Å². The van der Waals surface area contributed by atoms with Crippen LogP contribution in [0, 0.1) is 11.3 Å². The highest BCUT2D eigenvalue weighted by atomic mass is 16.5. The largest absolute Gasteiger partial charge is 0.469 e. The standard InChI is InChI=1S/C13H16N2O3/c1-18-13(17)6-7-15-9-12(16)11-4-2-10(8-14)3-5-11/h2-5,12,15-16H,6-7,9H2,1H3. The summed E-state index contributed by atoms with van der Waals surface area (Å²) in [6, 6.07) is 8.76. The maximum Gasteiger partial charge on any atom is 0.306 e. The van der Waals surface area contributed by atoms with Crippen LogP contribution in [0.2, 0.25) is 0 Å². The monoisotopic (exact) mass is 248 g/mol. The molecule has 1 atom stereocenters. The van der Waals surface area contributed by atoms with Crippen molar-refractivity contribution in [3.05, 3.63) is 35.4 Å². The number of carbonyl (C=O) groups is 1. The average Bonchev–Trinajstić information content (AvgIpc) is 2.43. The SMILES string of the molecule is COC(=O)CCNCC(O)c1ccc(C#N)cc1. The Balaban J connectivity index is 2.34. The number of carbonyl (C=O) groups excluding carboxylic acids is 1. The molecule has 5 nitrogen and oxygen atoms in total. The maximum absolute atomic E-state index is 10.8. The Kier molecular flexibility index (Phi) is 5.85. The zero-order valence-corrected chi connectivity index (χ0v) is 10.2. The predicted molar refractivity (Wildman–Crippen MR) is 65.6 cm³/mol. The highest BCUT2D eigenvalue weighted by Crippen LogP contribution is 2.12. The number of esters is 1. The van der Waals surface area contributed by atoms with Gasteiger partial charge >= 0.3 is 5.97 Å². The molecule has 1 rings (SSSR count). The number of nitrogens with zero attached hydrogens (tertiary/aromatic N) is 1. The van der Waals surface area contributed by atoms with Crippen molar-refractivity contribution in [3.8, 4) is 6.07 Å². The van der Waals surface area contributed by atoms with E-state index in [9.17, 15) is 9.90 Å². The first kappa shape index (κ1) is 14.2. The molecule has 1 unspecified atom stereocenters. The molecule has 0 aromatic heterocycles. The van der Waals surface area contributed by atoms with Crippen LogP contribution in [-0.2, 0) is 9.53 Å². The van der Waals surface area contributed by atoms with Crippen molar-refractivity contribution in [1.29, 1.82) is 5.26 Å². The molecule has 2 N–H and O–H groups in total. The molecule has 0 amide bonds. The molecule has 0 aliphatic carbocycles. The molecule has 0 heterocycles. The molecule has 1 aromatic carbocycles. The Bertz CT molecular complexity index is 423. The van der Waals surface area contributed by atoms with Crippen molar-refractivity contribution in [2.45, 2.75) is 12.5 Å². The van der Waals surface area contributed by atoms with Crippen LogP contribution >= 0.6 is 0 Å². The van der Waals surface area contributed by atoms with Gasteiger partial charge in [0, 0.05) is 13.1 Å². The highest BCUT2D eigenvalue weighted by Gasteiger charge is 2.07. The third kappa shape index (κ3) is 4.53. The summed E-state index contributed by atoms with van der Waals surface area (Å²) in [4.78, 5) is 10.8. The number of benzene rings is 1. The minimum absolute atomic E-state index is 0.274. The van der Waals surface area contributed by atoms with Crippen molar-refractivity contribution in [2.24, 2.45) is 0 Å². The van der Waals surface area contributed by atoms with Gasteiger partial charge in [0.05, 0.1) is 31.3 Å². The van der Waals surface area contributed by atoms with Crippen LogP contribution in [0.15, 0.2) is 24.3 Å². The Morgan fingerprint density at radius 1 is 1.50 bits per heavy atom. The highest BCUT2D eigenvalue weighted by molar-refractivity contribution is 5.69. The number of ether oxygens (including phenoxy) is 1. The van der Waals surface area contributed by atoms with Crippen LogP contribution in [0.3, 0.4) is 0 Å². The van der Waals surface area contributed by atoms with E-state index in [1.54, 1.807) is 24.3 Å². The first-order chi connectivity index (χ1) is 8.67. The van der Waals surface area contributed by atoms with Crippen LogP contribution in [0.4, 0.5) is 0 Å². The van der Waals surface area contributed by atoms with E-state index in [1.807, 2.05) is 6.07 Å². The molecule has 0 saturated heterocycles. The lowest BCUT2D eigenvalue weighted by Gasteiger charge is -2.11. The van der Waals surface area contributed by atoms with Crippen molar-refractivity contribution in [3.63, 3.8) is 0 Å². The lowest BCUT2D eigenvalue weighted by Crippen LogP contribution is -2.24. The Morgan fingerprint density at radius 3 is 2.72 bits per heavy atom. The lowest BCUT2D eigenvalue weighted by molar-refractivity contribution is -0.140. The summed E-state index contributed by atoms with van der Waals surface area (Å²) in [6.07, 6.45) is -0.383. The molecular weight excluding hydrogens is 232 g/mol. The van der Waals surface area contributed by atoms with Gasteiger partial charge in [-0.15, -0.1) is 0 Å². The first-order valence-corrected chi connectivity index (χ1v) is 5.63. The molecule has 0 fully saturated rings. The van der Waals surface area contributed by atoms with Gasteiger partial charge in [-0.05, 0) is 17.7 Å². The number of nitrogens with one attached hydrogen (secondary N) is 1. The smallest absolute Gasteiger partial charge is 0.306 e. The summed E-state index contributed by atoms with van der Waals surface area (Å²) < 4.78 is 4.50. The zero-order valence-electron chi connectivity index (χ0n) is 10.2. The molecule has 5 heteroatoms. The molecule has 96 valence electrons. The summed E-state index contributed by atoms with van der Waals surface area (Å²) in [6.45, 7) is 0.808. The van der Waals surface area contributed by atoms with Crippen LogP contribution in [0.1, 0.15) is 23.7 Å². The summed E-state index contributed by atoms with van der Waals surface area (Å²) in [5.74, 6) is -0.282. The Morgan fingerprint density at radius 2 is 2.17 bits per heavy atom. The molecule has 0 bridgehead atoms. The van der Waals surface area contributed by atoms with Crippen LogP contribution in [-0.4, -0.2) is 31.3 Å². The van der Waals surface area contributed by atoms with Gasteiger partial charge in [0.2, 0.25) is 0 Å². The molecule has 0 spiro atoms. The molecule has 0 radical (unpaired) electrons. The van der Waals surface area contributed by atoms with E-state index in [0.717, 1.165) is 5.56 Å². The average molecular weight is 248 g/mol. The van der Waals surface area contributed by atoms with E-state index < -0.39 is 6.10 Å². The van der Waals surface area contributed by atoms with E-state index >= 15 is 0 Å². The number of hydrogen-bond donors (Lipinski definition) is 2. The molecule has 18 heavy (non-hydrogen) atoms. The summed E-state index contributed by atoms with van der Waals surface area (Å²) in [7, 11) is 1.34. The predicted octanol–water partition coefficient (Wildman–Crippen LogP) is 0.744. The normalized spacial score (nSPS) is 11.6. The summed E-state index contributed by atoms with van der Waals surface area (Å²) in [5, 5.41) is 21.5. The third-order valence-corrected chi connectivity index (χ3v) is 2.50. The van der Waals surface area contributed by atoms with Crippen molar-refractivity contribution in [2.75, 3.05) is 20.2 Å². The van der Waals surface area contributed by atoms with Crippen LogP contribution in [0.5, 0.6) is 0 Å².